The largest absolute Gasteiger partial charge is 0.379 e. The minimum Gasteiger partial charge on any atom is -0.379 e. The van der Waals surface area contributed by atoms with Crippen molar-refractivity contribution < 1.29 is 17.9 Å². The number of hydrogen-bond donors (Lipinski definition) is 2. The number of piperidine rings is 1. The van der Waals surface area contributed by atoms with Gasteiger partial charge in [0.05, 0.1) is 24.4 Å². The molecule has 3 saturated heterocycles. The summed E-state index contributed by atoms with van der Waals surface area (Å²) in [6.07, 6.45) is 9.51. The number of ether oxygens (including phenoxy) is 1. The maximum absolute atomic E-state index is 13.5. The second-order valence-electron chi connectivity index (χ2n) is 11.4. The quantitative estimate of drug-likeness (QED) is 0.284. The Balaban J connectivity index is 1.29. The lowest BCUT2D eigenvalue weighted by molar-refractivity contribution is -0.138. The van der Waals surface area contributed by atoms with E-state index < -0.39 is 16.2 Å². The van der Waals surface area contributed by atoms with Crippen LogP contribution in [0.1, 0.15) is 38.2 Å². The average Bonchev–Trinajstić information content (AvgIpc) is 2.98. The summed E-state index contributed by atoms with van der Waals surface area (Å²) in [5.74, 6) is 0.265. The van der Waals surface area contributed by atoms with Crippen molar-refractivity contribution in [3.05, 3.63) is 52.6 Å². The Morgan fingerprint density at radius 2 is 1.74 bits per heavy atom. The standard InChI is InChI=1S/C30H47ClN6O4S/c1-2-3-4-6-24(21-28(32)33)22-34-11-9-25(10-12-34)30(38)36-15-13-35(14-16-36)23-26-7-5-8-27(31)29(26)42(39,40)37-17-19-41-20-18-37/h4-8,21,25,28H,2-3,9-20,22-23,32-33H2,1H3/b6-4-,24-21+. The smallest absolute Gasteiger partial charge is 0.245 e. The van der Waals surface area contributed by atoms with Crippen LogP contribution in [0.4, 0.5) is 0 Å². The number of halogens is 1. The fraction of sp³-hybridized carbons (Fsp3) is 0.633. The Morgan fingerprint density at radius 3 is 2.38 bits per heavy atom. The van der Waals surface area contributed by atoms with Crippen LogP contribution < -0.4 is 11.5 Å². The van der Waals surface area contributed by atoms with E-state index in [1.807, 2.05) is 17.0 Å². The molecule has 3 heterocycles. The number of likely N-dealkylation sites (tertiary alicyclic amines) is 1. The van der Waals surface area contributed by atoms with Crippen molar-refractivity contribution in [2.45, 2.75) is 50.2 Å². The van der Waals surface area contributed by atoms with Gasteiger partial charge < -0.3 is 21.1 Å². The Morgan fingerprint density at radius 1 is 1.05 bits per heavy atom. The molecule has 10 nitrogen and oxygen atoms in total. The van der Waals surface area contributed by atoms with E-state index in [4.69, 9.17) is 27.8 Å². The van der Waals surface area contributed by atoms with Gasteiger partial charge in [-0.05, 0) is 55.6 Å². The zero-order valence-corrected chi connectivity index (χ0v) is 26.4. The highest BCUT2D eigenvalue weighted by Gasteiger charge is 2.33. The number of benzene rings is 1. The predicted octanol–water partition coefficient (Wildman–Crippen LogP) is 2.24. The van der Waals surface area contributed by atoms with Crippen LogP contribution >= 0.6 is 11.6 Å². The lowest BCUT2D eigenvalue weighted by Gasteiger charge is -2.39. The first kappa shape index (κ1) is 33.1. The van der Waals surface area contributed by atoms with Gasteiger partial charge in [0.25, 0.3) is 0 Å². The van der Waals surface area contributed by atoms with Crippen molar-refractivity contribution in [2.75, 3.05) is 72.1 Å². The van der Waals surface area contributed by atoms with Crippen molar-refractivity contribution in [1.82, 2.24) is 19.0 Å². The van der Waals surface area contributed by atoms with Gasteiger partial charge in [0, 0.05) is 58.3 Å². The minimum absolute atomic E-state index is 0.0332. The van der Waals surface area contributed by atoms with Crippen LogP contribution in [0.3, 0.4) is 0 Å². The zero-order chi connectivity index (χ0) is 30.1. The number of piperazine rings is 1. The average molecular weight is 623 g/mol. The van der Waals surface area contributed by atoms with E-state index in [-0.39, 0.29) is 21.7 Å². The molecule has 0 unspecified atom stereocenters. The van der Waals surface area contributed by atoms with Crippen LogP contribution in [0.5, 0.6) is 0 Å². The highest BCUT2D eigenvalue weighted by Crippen LogP contribution is 2.30. The van der Waals surface area contributed by atoms with E-state index in [0.717, 1.165) is 50.9 Å². The molecule has 12 heteroatoms. The lowest BCUT2D eigenvalue weighted by atomic mass is 9.94. The fourth-order valence-corrected chi connectivity index (χ4v) is 8.07. The number of hydrogen-bond acceptors (Lipinski definition) is 8. The van der Waals surface area contributed by atoms with Gasteiger partial charge in [-0.15, -0.1) is 0 Å². The third-order valence-corrected chi connectivity index (χ3v) is 10.7. The lowest BCUT2D eigenvalue weighted by Crippen LogP contribution is -2.51. The first-order valence-electron chi connectivity index (χ1n) is 15.2. The highest BCUT2D eigenvalue weighted by molar-refractivity contribution is 7.89. The van der Waals surface area contributed by atoms with Gasteiger partial charge in [0.15, 0.2) is 0 Å². The molecule has 1 amide bonds. The molecule has 0 radical (unpaired) electrons. The van der Waals surface area contributed by atoms with Gasteiger partial charge in [0.2, 0.25) is 15.9 Å². The number of morpholine rings is 1. The fourth-order valence-electron chi connectivity index (χ4n) is 5.91. The van der Waals surface area contributed by atoms with Crippen molar-refractivity contribution in [3.63, 3.8) is 0 Å². The zero-order valence-electron chi connectivity index (χ0n) is 24.8. The minimum atomic E-state index is -3.73. The molecule has 4 N–H and O–H groups in total. The van der Waals surface area contributed by atoms with Crippen molar-refractivity contribution in [1.29, 1.82) is 0 Å². The van der Waals surface area contributed by atoms with E-state index in [1.165, 1.54) is 4.31 Å². The summed E-state index contributed by atoms with van der Waals surface area (Å²) in [6.45, 7) is 9.18. The molecule has 42 heavy (non-hydrogen) atoms. The molecule has 4 rings (SSSR count). The Hall–Kier alpha value is -1.83. The summed E-state index contributed by atoms with van der Waals surface area (Å²) in [6, 6.07) is 5.27. The monoisotopic (exact) mass is 622 g/mol. The van der Waals surface area contributed by atoms with Crippen LogP contribution in [0.15, 0.2) is 46.9 Å². The molecule has 1 aromatic rings. The van der Waals surface area contributed by atoms with Crippen LogP contribution in [0.25, 0.3) is 0 Å². The number of carbonyl (C=O) groups excluding carboxylic acids is 1. The molecule has 3 aliphatic rings. The van der Waals surface area contributed by atoms with Crippen LogP contribution in [-0.2, 0) is 26.1 Å². The van der Waals surface area contributed by atoms with Gasteiger partial charge in [-0.2, -0.15) is 4.31 Å². The van der Waals surface area contributed by atoms with E-state index >= 15 is 0 Å². The number of rotatable bonds is 11. The van der Waals surface area contributed by atoms with Crippen molar-refractivity contribution in [2.24, 2.45) is 17.4 Å². The molecule has 234 valence electrons. The number of allylic oxidation sites excluding steroid dienone is 1. The molecule has 0 bridgehead atoms. The summed E-state index contributed by atoms with van der Waals surface area (Å²) in [5.41, 5.74) is 13.5. The van der Waals surface area contributed by atoms with Gasteiger partial charge in [-0.3, -0.25) is 14.6 Å². The number of nitrogens with two attached hydrogens (primary N) is 2. The molecule has 0 spiro atoms. The third-order valence-electron chi connectivity index (χ3n) is 8.23. The summed E-state index contributed by atoms with van der Waals surface area (Å²) >= 11 is 6.46. The maximum Gasteiger partial charge on any atom is 0.245 e. The van der Waals surface area contributed by atoms with E-state index in [2.05, 4.69) is 28.9 Å². The number of sulfonamides is 1. The molecule has 0 aliphatic carbocycles. The number of unbranched alkanes of at least 4 members (excludes halogenated alkanes) is 1. The number of amides is 1. The van der Waals surface area contributed by atoms with Gasteiger partial charge in [-0.25, -0.2) is 8.42 Å². The van der Waals surface area contributed by atoms with Gasteiger partial charge >= 0.3 is 0 Å². The first-order valence-corrected chi connectivity index (χ1v) is 17.0. The highest BCUT2D eigenvalue weighted by atomic mass is 35.5. The SMILES string of the molecule is CCC/C=C\C(=C/C(N)N)CN1CCC(C(=O)N2CCN(Cc3cccc(Cl)c3S(=O)(=O)N3CCOCC3)CC2)CC1. The summed E-state index contributed by atoms with van der Waals surface area (Å²) in [4.78, 5) is 20.1. The Labute approximate surface area is 256 Å². The molecular weight excluding hydrogens is 576 g/mol. The van der Waals surface area contributed by atoms with Crippen molar-refractivity contribution >= 4 is 27.5 Å². The molecule has 0 aromatic heterocycles. The topological polar surface area (TPSA) is 125 Å². The summed E-state index contributed by atoms with van der Waals surface area (Å²) in [5, 5.41) is 0.240. The van der Waals surface area contributed by atoms with Crippen LogP contribution in [0.2, 0.25) is 5.02 Å². The summed E-state index contributed by atoms with van der Waals surface area (Å²) < 4.78 is 33.7. The van der Waals surface area contributed by atoms with Crippen molar-refractivity contribution in [3.8, 4) is 0 Å². The molecule has 0 atom stereocenters. The van der Waals surface area contributed by atoms with E-state index in [0.29, 0.717) is 64.6 Å². The molecular formula is C30H47ClN6O4S. The van der Waals surface area contributed by atoms with Crippen LogP contribution in [0, 0.1) is 5.92 Å². The Kier molecular flexibility index (Phi) is 12.4. The predicted molar refractivity (Wildman–Crippen MR) is 166 cm³/mol. The van der Waals surface area contributed by atoms with Crippen LogP contribution in [-0.4, -0.2) is 112 Å². The van der Waals surface area contributed by atoms with Gasteiger partial charge in [-0.1, -0.05) is 49.2 Å². The van der Waals surface area contributed by atoms with E-state index in [9.17, 15) is 13.2 Å². The number of carbonyl (C=O) groups is 1. The second kappa shape index (κ2) is 15.8. The normalized spacial score (nSPS) is 21.1. The molecule has 3 aliphatic heterocycles. The molecule has 3 fully saturated rings. The number of nitrogens with zero attached hydrogens (tertiary/aromatic N) is 4. The molecule has 1 aromatic carbocycles. The first-order chi connectivity index (χ1) is 20.2. The molecule has 0 saturated carbocycles. The maximum atomic E-state index is 13.5. The third kappa shape index (κ3) is 8.86. The van der Waals surface area contributed by atoms with Gasteiger partial charge in [0.1, 0.15) is 4.90 Å². The summed E-state index contributed by atoms with van der Waals surface area (Å²) in [7, 11) is -3.73. The van der Waals surface area contributed by atoms with E-state index in [1.54, 1.807) is 12.1 Å². The Bertz CT molecular complexity index is 1200. The second-order valence-corrected chi connectivity index (χ2v) is 13.7.